The second kappa shape index (κ2) is 12.2. The zero-order valence-corrected chi connectivity index (χ0v) is 22.3. The third-order valence-corrected chi connectivity index (χ3v) is 6.97. The third kappa shape index (κ3) is 6.31. The van der Waals surface area contributed by atoms with Crippen LogP contribution in [0.1, 0.15) is 33.5 Å². The topological polar surface area (TPSA) is 127 Å². The van der Waals surface area contributed by atoms with E-state index in [1.165, 1.54) is 42.6 Å². The molecule has 1 atom stereocenters. The zero-order chi connectivity index (χ0) is 29.8. The van der Waals surface area contributed by atoms with Crippen LogP contribution in [0.3, 0.4) is 0 Å². The fourth-order valence-electron chi connectivity index (χ4n) is 4.54. The number of nitrogens with zero attached hydrogens (tertiary/aromatic N) is 4. The standard InChI is InChI=1S/C30H26F3N5O4/c31-23-11-18(15-34)1-2-21(23)17-42-29-6-9-38(36-29)27-14-24(32)19(12-25(27)33)5-8-37(16-22-7-10-41-22)28-13-20(30(39)40)3-4-26(28)35/h1-4,6,9,11-14,22H,5,7-8,10,16-17,35H2,(H,39,40)/t22-/m0/s1. The number of carboxylic acids is 1. The summed E-state index contributed by atoms with van der Waals surface area (Å²) in [6, 6.07) is 13.8. The molecule has 0 unspecified atom stereocenters. The lowest BCUT2D eigenvalue weighted by molar-refractivity contribution is -0.0445. The minimum Gasteiger partial charge on any atom is -0.478 e. The van der Waals surface area contributed by atoms with Crippen molar-refractivity contribution in [3.63, 3.8) is 0 Å². The summed E-state index contributed by atoms with van der Waals surface area (Å²) >= 11 is 0. The Morgan fingerprint density at radius 3 is 2.60 bits per heavy atom. The van der Waals surface area contributed by atoms with Gasteiger partial charge in [-0.1, -0.05) is 6.07 Å². The average molecular weight is 578 g/mol. The summed E-state index contributed by atoms with van der Waals surface area (Å²) < 4.78 is 56.6. The first-order valence-electron chi connectivity index (χ1n) is 13.1. The average Bonchev–Trinajstić information content (AvgIpc) is 3.42. The van der Waals surface area contributed by atoms with Crippen LogP contribution in [0.25, 0.3) is 5.69 Å². The van der Waals surface area contributed by atoms with Gasteiger partial charge < -0.3 is 25.2 Å². The molecule has 0 bridgehead atoms. The van der Waals surface area contributed by atoms with E-state index in [4.69, 9.17) is 20.5 Å². The van der Waals surface area contributed by atoms with Crippen LogP contribution < -0.4 is 15.4 Å². The van der Waals surface area contributed by atoms with Gasteiger partial charge in [-0.15, -0.1) is 5.10 Å². The number of rotatable bonds is 11. The van der Waals surface area contributed by atoms with E-state index in [1.54, 1.807) is 0 Å². The number of nitrogens with two attached hydrogens (primary N) is 1. The van der Waals surface area contributed by atoms with E-state index in [1.807, 2.05) is 11.0 Å². The maximum Gasteiger partial charge on any atom is 0.335 e. The summed E-state index contributed by atoms with van der Waals surface area (Å²) in [5.74, 6) is -3.02. The highest BCUT2D eigenvalue weighted by atomic mass is 19.1. The number of halogens is 3. The van der Waals surface area contributed by atoms with E-state index >= 15 is 8.78 Å². The van der Waals surface area contributed by atoms with Crippen LogP contribution in [0.15, 0.2) is 60.8 Å². The molecule has 1 aromatic heterocycles. The summed E-state index contributed by atoms with van der Waals surface area (Å²) in [5, 5.41) is 22.4. The highest BCUT2D eigenvalue weighted by Crippen LogP contribution is 2.28. The third-order valence-electron chi connectivity index (χ3n) is 6.97. The number of carbonyl (C=O) groups is 1. The van der Waals surface area contributed by atoms with Gasteiger partial charge in [0.1, 0.15) is 29.7 Å². The Hall–Kier alpha value is -5.02. The molecule has 1 fully saturated rings. The Balaban J connectivity index is 1.29. The van der Waals surface area contributed by atoms with Gasteiger partial charge in [-0.25, -0.2) is 22.6 Å². The van der Waals surface area contributed by atoms with Crippen molar-refractivity contribution < 1.29 is 32.5 Å². The second-order valence-corrected chi connectivity index (χ2v) is 9.76. The molecule has 2 heterocycles. The van der Waals surface area contributed by atoms with E-state index < -0.39 is 23.4 Å². The molecule has 12 heteroatoms. The van der Waals surface area contributed by atoms with E-state index in [9.17, 15) is 14.3 Å². The summed E-state index contributed by atoms with van der Waals surface area (Å²) in [7, 11) is 0. The van der Waals surface area contributed by atoms with Gasteiger partial charge in [0.15, 0.2) is 0 Å². The lowest BCUT2D eigenvalue weighted by Gasteiger charge is -2.34. The van der Waals surface area contributed by atoms with E-state index in [0.29, 0.717) is 24.5 Å². The lowest BCUT2D eigenvalue weighted by Crippen LogP contribution is -2.41. The van der Waals surface area contributed by atoms with Gasteiger partial charge >= 0.3 is 5.97 Å². The molecule has 216 valence electrons. The van der Waals surface area contributed by atoms with Crippen LogP contribution in [0.5, 0.6) is 5.88 Å². The number of benzene rings is 3. The molecule has 0 saturated carbocycles. The first-order chi connectivity index (χ1) is 20.2. The van der Waals surface area contributed by atoms with Crippen molar-refractivity contribution in [2.24, 2.45) is 0 Å². The van der Waals surface area contributed by atoms with Crippen molar-refractivity contribution in [2.75, 3.05) is 30.3 Å². The predicted octanol–water partition coefficient (Wildman–Crippen LogP) is 4.86. The highest BCUT2D eigenvalue weighted by molar-refractivity contribution is 5.90. The number of nitriles is 1. The molecule has 3 aromatic carbocycles. The molecule has 0 amide bonds. The number of aromatic carboxylic acids is 1. The Kier molecular flexibility index (Phi) is 8.31. The molecule has 0 aliphatic carbocycles. The van der Waals surface area contributed by atoms with Gasteiger partial charge in [0.05, 0.1) is 34.7 Å². The van der Waals surface area contributed by atoms with Crippen molar-refractivity contribution in [2.45, 2.75) is 25.6 Å². The van der Waals surface area contributed by atoms with Gasteiger partial charge in [-0.3, -0.25) is 0 Å². The van der Waals surface area contributed by atoms with E-state index in [-0.39, 0.29) is 59.5 Å². The number of hydrogen-bond donors (Lipinski definition) is 2. The van der Waals surface area contributed by atoms with Crippen molar-refractivity contribution >= 4 is 17.3 Å². The molecule has 9 nitrogen and oxygen atoms in total. The number of carboxylic acid groups (broad SMARTS) is 1. The lowest BCUT2D eigenvalue weighted by atomic mass is 10.1. The van der Waals surface area contributed by atoms with Gasteiger partial charge in [0.2, 0.25) is 5.88 Å². The van der Waals surface area contributed by atoms with Crippen LogP contribution in [-0.4, -0.2) is 46.7 Å². The molecular formula is C30H26F3N5O4. The molecule has 5 rings (SSSR count). The molecule has 0 spiro atoms. The fraction of sp³-hybridized carbons (Fsp3) is 0.233. The molecule has 42 heavy (non-hydrogen) atoms. The Morgan fingerprint density at radius 1 is 1.12 bits per heavy atom. The summed E-state index contributed by atoms with van der Waals surface area (Å²) in [6.07, 6.45) is 2.24. The Bertz CT molecular complexity index is 1670. The van der Waals surface area contributed by atoms with Gasteiger partial charge in [0, 0.05) is 43.6 Å². The van der Waals surface area contributed by atoms with Crippen molar-refractivity contribution in [3.05, 3.63) is 100 Å². The Morgan fingerprint density at radius 2 is 1.90 bits per heavy atom. The summed E-state index contributed by atoms with van der Waals surface area (Å²) in [5.41, 5.74) is 7.41. The maximum atomic E-state index is 15.2. The van der Waals surface area contributed by atoms with E-state index in [2.05, 4.69) is 5.10 Å². The maximum absolute atomic E-state index is 15.2. The number of nitrogen functional groups attached to an aromatic ring is 1. The van der Waals surface area contributed by atoms with Gasteiger partial charge in [-0.2, -0.15) is 5.26 Å². The Labute approximate surface area is 239 Å². The number of hydrogen-bond acceptors (Lipinski definition) is 7. The fourth-order valence-corrected chi connectivity index (χ4v) is 4.54. The molecule has 4 aromatic rings. The molecular weight excluding hydrogens is 551 g/mol. The molecule has 1 saturated heterocycles. The van der Waals surface area contributed by atoms with Crippen LogP contribution in [0, 0.1) is 28.8 Å². The first kappa shape index (κ1) is 28.5. The first-order valence-corrected chi connectivity index (χ1v) is 13.1. The van der Waals surface area contributed by atoms with Crippen molar-refractivity contribution in [1.82, 2.24) is 9.78 Å². The van der Waals surface area contributed by atoms with Crippen LogP contribution in [-0.2, 0) is 17.8 Å². The van der Waals surface area contributed by atoms with Crippen LogP contribution >= 0.6 is 0 Å². The van der Waals surface area contributed by atoms with Crippen LogP contribution in [0.2, 0.25) is 0 Å². The van der Waals surface area contributed by atoms with Crippen LogP contribution in [0.4, 0.5) is 24.5 Å². The molecule has 1 aliphatic rings. The van der Waals surface area contributed by atoms with Crippen molar-refractivity contribution in [3.8, 4) is 17.6 Å². The SMILES string of the molecule is N#Cc1ccc(COc2ccn(-c3cc(F)c(CCN(C[C@@H]4CCO4)c4cc(C(=O)O)ccc4N)cc3F)n2)c(F)c1. The quantitative estimate of drug-likeness (QED) is 0.242. The monoisotopic (exact) mass is 577 g/mol. The zero-order valence-electron chi connectivity index (χ0n) is 22.3. The smallest absolute Gasteiger partial charge is 0.335 e. The number of aromatic nitrogens is 2. The normalized spacial score (nSPS) is 14.2. The summed E-state index contributed by atoms with van der Waals surface area (Å²) in [6.45, 7) is 1.09. The highest BCUT2D eigenvalue weighted by Gasteiger charge is 2.24. The number of ether oxygens (including phenoxy) is 2. The van der Waals surface area contributed by atoms with Gasteiger partial charge in [-0.05, 0) is 54.8 Å². The predicted molar refractivity (Wildman–Crippen MR) is 147 cm³/mol. The number of anilines is 2. The second-order valence-electron chi connectivity index (χ2n) is 9.76. The van der Waals surface area contributed by atoms with Crippen molar-refractivity contribution in [1.29, 1.82) is 5.26 Å². The molecule has 1 aliphatic heterocycles. The molecule has 3 N–H and O–H groups in total. The molecule has 0 radical (unpaired) electrons. The van der Waals surface area contributed by atoms with Gasteiger partial charge in [0.25, 0.3) is 0 Å². The largest absolute Gasteiger partial charge is 0.478 e. The minimum atomic E-state index is -1.10. The minimum absolute atomic E-state index is 0.0601. The summed E-state index contributed by atoms with van der Waals surface area (Å²) in [4.78, 5) is 13.3. The van der Waals surface area contributed by atoms with E-state index in [0.717, 1.165) is 29.3 Å².